The minimum atomic E-state index is -0.583. The van der Waals surface area contributed by atoms with Gasteiger partial charge in [-0.25, -0.2) is 8.78 Å². The van der Waals surface area contributed by atoms with Gasteiger partial charge < -0.3 is 5.32 Å². The second-order valence-corrected chi connectivity index (χ2v) is 6.15. The SMILES string of the molecule is C[C@@H](Sc1cc(F)ccc1F)C(=O)Nc1cccc(Cl)c1. The van der Waals surface area contributed by atoms with E-state index in [-0.39, 0.29) is 10.8 Å². The fraction of sp³-hybridized carbons (Fsp3) is 0.133. The molecule has 2 nitrogen and oxygen atoms in total. The Kier molecular flexibility index (Phi) is 5.20. The zero-order chi connectivity index (χ0) is 15.4. The van der Waals surface area contributed by atoms with E-state index in [0.29, 0.717) is 10.7 Å². The lowest BCUT2D eigenvalue weighted by Gasteiger charge is -2.12. The van der Waals surface area contributed by atoms with Crippen LogP contribution in [0.2, 0.25) is 5.02 Å². The fourth-order valence-corrected chi connectivity index (χ4v) is 2.72. The van der Waals surface area contributed by atoms with E-state index in [2.05, 4.69) is 5.32 Å². The fourth-order valence-electron chi connectivity index (χ4n) is 1.62. The van der Waals surface area contributed by atoms with Crippen LogP contribution < -0.4 is 5.32 Å². The van der Waals surface area contributed by atoms with E-state index in [0.717, 1.165) is 30.0 Å². The van der Waals surface area contributed by atoms with Gasteiger partial charge in [0.2, 0.25) is 5.91 Å². The summed E-state index contributed by atoms with van der Waals surface area (Å²) in [6.07, 6.45) is 0. The Morgan fingerprint density at radius 1 is 1.24 bits per heavy atom. The summed E-state index contributed by atoms with van der Waals surface area (Å²) in [5.41, 5.74) is 0.555. The van der Waals surface area contributed by atoms with Crippen molar-refractivity contribution in [2.75, 3.05) is 5.32 Å². The second kappa shape index (κ2) is 6.91. The van der Waals surface area contributed by atoms with E-state index in [1.807, 2.05) is 0 Å². The second-order valence-electron chi connectivity index (χ2n) is 4.33. The van der Waals surface area contributed by atoms with E-state index in [4.69, 9.17) is 11.6 Å². The quantitative estimate of drug-likeness (QED) is 0.822. The summed E-state index contributed by atoms with van der Waals surface area (Å²) in [4.78, 5) is 12.1. The van der Waals surface area contributed by atoms with Crippen LogP contribution in [0.15, 0.2) is 47.4 Å². The Balaban J connectivity index is 2.04. The highest BCUT2D eigenvalue weighted by Gasteiger charge is 2.17. The van der Waals surface area contributed by atoms with Crippen molar-refractivity contribution in [2.24, 2.45) is 0 Å². The van der Waals surface area contributed by atoms with Gasteiger partial charge in [0.15, 0.2) is 0 Å². The summed E-state index contributed by atoms with van der Waals surface area (Å²) in [6, 6.07) is 9.86. The monoisotopic (exact) mass is 327 g/mol. The van der Waals surface area contributed by atoms with Gasteiger partial charge in [-0.05, 0) is 43.3 Å². The number of hydrogen-bond acceptors (Lipinski definition) is 2. The van der Waals surface area contributed by atoms with Gasteiger partial charge in [-0.1, -0.05) is 17.7 Å². The Bertz CT molecular complexity index is 666. The van der Waals surface area contributed by atoms with Gasteiger partial charge in [-0.2, -0.15) is 0 Å². The summed E-state index contributed by atoms with van der Waals surface area (Å²) in [5, 5.41) is 2.60. The highest BCUT2D eigenvalue weighted by molar-refractivity contribution is 8.00. The van der Waals surface area contributed by atoms with Crippen LogP contribution in [0.4, 0.5) is 14.5 Å². The van der Waals surface area contributed by atoms with Crippen LogP contribution in [0, 0.1) is 11.6 Å². The Morgan fingerprint density at radius 2 is 2.00 bits per heavy atom. The van der Waals surface area contributed by atoms with Crippen LogP contribution in [-0.4, -0.2) is 11.2 Å². The number of amides is 1. The summed E-state index contributed by atoms with van der Waals surface area (Å²) in [5.74, 6) is -1.41. The van der Waals surface area contributed by atoms with Crippen molar-refractivity contribution < 1.29 is 13.6 Å². The van der Waals surface area contributed by atoms with Crippen molar-refractivity contribution in [1.82, 2.24) is 0 Å². The molecule has 6 heteroatoms. The maximum atomic E-state index is 13.5. The number of halogens is 3. The Morgan fingerprint density at radius 3 is 2.71 bits per heavy atom. The largest absolute Gasteiger partial charge is 0.325 e. The molecular formula is C15H12ClF2NOS. The topological polar surface area (TPSA) is 29.1 Å². The van der Waals surface area contributed by atoms with Gasteiger partial charge >= 0.3 is 0 Å². The van der Waals surface area contributed by atoms with Crippen molar-refractivity contribution in [3.63, 3.8) is 0 Å². The highest BCUT2D eigenvalue weighted by Crippen LogP contribution is 2.27. The maximum Gasteiger partial charge on any atom is 0.237 e. The van der Waals surface area contributed by atoms with Crippen molar-refractivity contribution in [1.29, 1.82) is 0 Å². The Hall–Kier alpha value is -1.59. The maximum absolute atomic E-state index is 13.5. The number of carbonyl (C=O) groups is 1. The number of rotatable bonds is 4. The number of benzene rings is 2. The normalized spacial score (nSPS) is 12.0. The molecule has 0 saturated carbocycles. The van der Waals surface area contributed by atoms with Crippen LogP contribution in [0.3, 0.4) is 0 Å². The van der Waals surface area contributed by atoms with E-state index >= 15 is 0 Å². The summed E-state index contributed by atoms with van der Waals surface area (Å²) in [6.45, 7) is 1.62. The molecule has 1 atom stereocenters. The standard InChI is InChI=1S/C15H12ClF2NOS/c1-9(21-14-8-11(17)5-6-13(14)18)15(20)19-12-4-2-3-10(16)7-12/h2-9H,1H3,(H,19,20)/t9-/m1/s1. The van der Waals surface area contributed by atoms with E-state index in [9.17, 15) is 13.6 Å². The lowest BCUT2D eigenvalue weighted by atomic mass is 10.3. The lowest BCUT2D eigenvalue weighted by molar-refractivity contribution is -0.115. The number of thioether (sulfide) groups is 1. The van der Waals surface area contributed by atoms with Gasteiger partial charge in [0.1, 0.15) is 11.6 Å². The zero-order valence-electron chi connectivity index (χ0n) is 11.1. The molecule has 0 spiro atoms. The molecule has 0 radical (unpaired) electrons. The molecule has 0 heterocycles. The molecule has 0 aliphatic rings. The molecule has 2 aromatic carbocycles. The molecule has 110 valence electrons. The van der Waals surface area contributed by atoms with Crippen LogP contribution in [-0.2, 0) is 4.79 Å². The molecule has 2 aromatic rings. The van der Waals surface area contributed by atoms with E-state index in [1.54, 1.807) is 31.2 Å². The predicted octanol–water partition coefficient (Wildman–Crippen LogP) is 4.74. The van der Waals surface area contributed by atoms with Gasteiger partial charge in [-0.15, -0.1) is 11.8 Å². The molecule has 1 N–H and O–H groups in total. The third-order valence-electron chi connectivity index (χ3n) is 2.66. The molecule has 0 aliphatic carbocycles. The van der Waals surface area contributed by atoms with E-state index < -0.39 is 16.9 Å². The third kappa shape index (κ3) is 4.44. The average molecular weight is 328 g/mol. The first kappa shape index (κ1) is 15.8. The first-order chi connectivity index (χ1) is 9.95. The predicted molar refractivity (Wildman–Crippen MR) is 81.8 cm³/mol. The lowest BCUT2D eigenvalue weighted by Crippen LogP contribution is -2.22. The molecule has 2 rings (SSSR count). The van der Waals surface area contributed by atoms with Crippen molar-refractivity contribution in [3.8, 4) is 0 Å². The van der Waals surface area contributed by atoms with Crippen molar-refractivity contribution in [2.45, 2.75) is 17.1 Å². The first-order valence-electron chi connectivity index (χ1n) is 6.14. The smallest absolute Gasteiger partial charge is 0.237 e. The number of anilines is 1. The number of hydrogen-bond donors (Lipinski definition) is 1. The molecule has 0 unspecified atom stereocenters. The number of nitrogens with one attached hydrogen (secondary N) is 1. The van der Waals surface area contributed by atoms with Crippen LogP contribution in [0.1, 0.15) is 6.92 Å². The summed E-state index contributed by atoms with van der Waals surface area (Å²) < 4.78 is 26.6. The molecular weight excluding hydrogens is 316 g/mol. The van der Waals surface area contributed by atoms with Gasteiger partial charge in [-0.3, -0.25) is 4.79 Å². The zero-order valence-corrected chi connectivity index (χ0v) is 12.6. The molecule has 1 amide bonds. The van der Waals surface area contributed by atoms with Crippen molar-refractivity contribution in [3.05, 3.63) is 59.1 Å². The summed E-state index contributed by atoms with van der Waals surface area (Å²) in [7, 11) is 0. The number of carbonyl (C=O) groups excluding carboxylic acids is 1. The van der Waals surface area contributed by atoms with Crippen molar-refractivity contribution >= 4 is 35.0 Å². The Labute approximate surface area is 130 Å². The van der Waals surface area contributed by atoms with E-state index in [1.165, 1.54) is 0 Å². The third-order valence-corrected chi connectivity index (χ3v) is 4.03. The highest BCUT2D eigenvalue weighted by atomic mass is 35.5. The molecule has 0 aliphatic heterocycles. The minimum Gasteiger partial charge on any atom is -0.325 e. The molecule has 0 saturated heterocycles. The average Bonchev–Trinajstić information content (AvgIpc) is 2.43. The van der Waals surface area contributed by atoms with Gasteiger partial charge in [0.25, 0.3) is 0 Å². The molecule has 0 aromatic heterocycles. The first-order valence-corrected chi connectivity index (χ1v) is 7.39. The van der Waals surface area contributed by atoms with Gasteiger partial charge in [0.05, 0.1) is 5.25 Å². The van der Waals surface area contributed by atoms with Crippen LogP contribution >= 0.6 is 23.4 Å². The molecule has 0 fully saturated rings. The van der Waals surface area contributed by atoms with Gasteiger partial charge in [0, 0.05) is 15.6 Å². The van der Waals surface area contributed by atoms with Crippen LogP contribution in [0.5, 0.6) is 0 Å². The summed E-state index contributed by atoms with van der Waals surface area (Å²) >= 11 is 6.78. The molecule has 21 heavy (non-hydrogen) atoms. The molecule has 0 bridgehead atoms. The minimum absolute atomic E-state index is 0.101. The van der Waals surface area contributed by atoms with Crippen LogP contribution in [0.25, 0.3) is 0 Å².